The van der Waals surface area contributed by atoms with E-state index in [9.17, 15) is 10.2 Å². The molecule has 0 bridgehead atoms. The highest BCUT2D eigenvalue weighted by Crippen LogP contribution is 2.36. The van der Waals surface area contributed by atoms with Crippen molar-refractivity contribution in [2.45, 2.75) is 31.8 Å². The molecule has 0 aliphatic carbocycles. The van der Waals surface area contributed by atoms with Crippen molar-refractivity contribution in [1.82, 2.24) is 10.2 Å². The van der Waals surface area contributed by atoms with Crippen molar-refractivity contribution in [2.75, 3.05) is 32.8 Å². The molecule has 1 aromatic rings. The van der Waals surface area contributed by atoms with Crippen LogP contribution in [0.25, 0.3) is 0 Å². The smallest absolute Gasteiger partial charge is 0.157 e. The maximum absolute atomic E-state index is 9.77. The van der Waals surface area contributed by atoms with Crippen LogP contribution in [0.4, 0.5) is 0 Å². The van der Waals surface area contributed by atoms with Crippen molar-refractivity contribution in [3.05, 3.63) is 23.3 Å². The van der Waals surface area contributed by atoms with Crippen molar-refractivity contribution in [3.63, 3.8) is 0 Å². The van der Waals surface area contributed by atoms with Gasteiger partial charge in [0.2, 0.25) is 0 Å². The minimum Gasteiger partial charge on any atom is -0.504 e. The van der Waals surface area contributed by atoms with Gasteiger partial charge in [-0.1, -0.05) is 0 Å². The molecule has 0 amide bonds. The van der Waals surface area contributed by atoms with Crippen molar-refractivity contribution < 1.29 is 14.9 Å². The van der Waals surface area contributed by atoms with Crippen LogP contribution in [0, 0.1) is 0 Å². The Kier molecular flexibility index (Phi) is 8.30. The SMILES string of the molecule is Br.Br.CC1Cc2cc(O)c(O)cc2C(CCN2CCOCC2)N1. The van der Waals surface area contributed by atoms with Crippen molar-refractivity contribution >= 4 is 34.0 Å². The lowest BCUT2D eigenvalue weighted by Gasteiger charge is -2.34. The Hall–Kier alpha value is -0.340. The summed E-state index contributed by atoms with van der Waals surface area (Å²) in [6.45, 7) is 6.81. The first-order valence-electron chi connectivity index (χ1n) is 7.74. The van der Waals surface area contributed by atoms with E-state index in [2.05, 4.69) is 17.1 Å². The maximum Gasteiger partial charge on any atom is 0.157 e. The van der Waals surface area contributed by atoms with E-state index in [1.165, 1.54) is 0 Å². The number of ether oxygens (including phenoxy) is 1. The molecular formula is C16H26Br2N2O3. The Morgan fingerprint density at radius 1 is 1.17 bits per heavy atom. The highest BCUT2D eigenvalue weighted by atomic mass is 79.9. The van der Waals surface area contributed by atoms with E-state index < -0.39 is 0 Å². The number of morpholine rings is 1. The molecule has 2 atom stereocenters. The fraction of sp³-hybridized carbons (Fsp3) is 0.625. The molecule has 2 aliphatic heterocycles. The Labute approximate surface area is 158 Å². The molecular weight excluding hydrogens is 428 g/mol. The second kappa shape index (κ2) is 9.22. The fourth-order valence-electron chi connectivity index (χ4n) is 3.33. The molecule has 1 fully saturated rings. The van der Waals surface area contributed by atoms with Crippen LogP contribution in [0.2, 0.25) is 0 Å². The van der Waals surface area contributed by atoms with Gasteiger partial charge in [-0.05, 0) is 43.0 Å². The molecule has 0 spiro atoms. The quantitative estimate of drug-likeness (QED) is 0.614. The second-order valence-corrected chi connectivity index (χ2v) is 6.11. The summed E-state index contributed by atoms with van der Waals surface area (Å²) in [5.74, 6) is -0.0451. The summed E-state index contributed by atoms with van der Waals surface area (Å²) >= 11 is 0. The van der Waals surface area contributed by atoms with E-state index in [0.29, 0.717) is 6.04 Å². The Balaban J connectivity index is 0.00000132. The number of rotatable bonds is 3. The first-order chi connectivity index (χ1) is 10.1. The van der Waals surface area contributed by atoms with Gasteiger partial charge in [0.15, 0.2) is 11.5 Å². The van der Waals surface area contributed by atoms with E-state index in [1.54, 1.807) is 12.1 Å². The third-order valence-corrected chi connectivity index (χ3v) is 4.46. The fourth-order valence-corrected chi connectivity index (χ4v) is 3.33. The van der Waals surface area contributed by atoms with E-state index in [1.807, 2.05) is 0 Å². The molecule has 23 heavy (non-hydrogen) atoms. The minimum absolute atomic E-state index is 0. The Morgan fingerprint density at radius 2 is 1.83 bits per heavy atom. The molecule has 132 valence electrons. The summed E-state index contributed by atoms with van der Waals surface area (Å²) in [5, 5.41) is 23.1. The minimum atomic E-state index is -0.0264. The molecule has 0 radical (unpaired) electrons. The summed E-state index contributed by atoms with van der Waals surface area (Å²) in [6, 6.07) is 4.05. The largest absolute Gasteiger partial charge is 0.504 e. The molecule has 0 saturated carbocycles. The number of nitrogens with zero attached hydrogens (tertiary/aromatic N) is 1. The summed E-state index contributed by atoms with van der Waals surface area (Å²) in [5.41, 5.74) is 2.26. The van der Waals surface area contributed by atoms with Crippen LogP contribution in [0.5, 0.6) is 11.5 Å². The van der Waals surface area contributed by atoms with E-state index in [0.717, 1.165) is 56.8 Å². The molecule has 2 unspecified atom stereocenters. The monoisotopic (exact) mass is 452 g/mol. The molecule has 7 heteroatoms. The third kappa shape index (κ3) is 5.06. The van der Waals surface area contributed by atoms with Gasteiger partial charge < -0.3 is 20.3 Å². The summed E-state index contributed by atoms with van der Waals surface area (Å²) in [6.07, 6.45) is 1.89. The average molecular weight is 454 g/mol. The number of phenolic OH excluding ortho intramolecular Hbond substituents is 2. The first kappa shape index (κ1) is 20.7. The van der Waals surface area contributed by atoms with Crippen LogP contribution in [-0.2, 0) is 11.2 Å². The summed E-state index contributed by atoms with van der Waals surface area (Å²) in [7, 11) is 0. The number of fused-ring (bicyclic) bond motifs is 1. The lowest BCUT2D eigenvalue weighted by atomic mass is 9.88. The number of nitrogens with one attached hydrogen (secondary N) is 1. The van der Waals surface area contributed by atoms with Crippen LogP contribution < -0.4 is 5.32 Å². The topological polar surface area (TPSA) is 65.0 Å². The van der Waals surface area contributed by atoms with E-state index in [-0.39, 0.29) is 51.5 Å². The summed E-state index contributed by atoms with van der Waals surface area (Å²) in [4.78, 5) is 2.42. The number of hydrogen-bond acceptors (Lipinski definition) is 5. The molecule has 3 rings (SSSR count). The van der Waals surface area contributed by atoms with Crippen LogP contribution in [0.15, 0.2) is 12.1 Å². The van der Waals surface area contributed by atoms with Crippen LogP contribution in [-0.4, -0.2) is 54.0 Å². The van der Waals surface area contributed by atoms with Crippen molar-refractivity contribution in [2.24, 2.45) is 0 Å². The van der Waals surface area contributed by atoms with Gasteiger partial charge in [0.1, 0.15) is 0 Å². The molecule has 1 saturated heterocycles. The van der Waals surface area contributed by atoms with E-state index >= 15 is 0 Å². The second-order valence-electron chi connectivity index (χ2n) is 6.11. The van der Waals surface area contributed by atoms with E-state index in [4.69, 9.17) is 4.74 Å². The van der Waals surface area contributed by atoms with Gasteiger partial charge in [-0.3, -0.25) is 4.90 Å². The number of benzene rings is 1. The van der Waals surface area contributed by atoms with Crippen molar-refractivity contribution in [3.8, 4) is 11.5 Å². The van der Waals surface area contributed by atoms with Gasteiger partial charge in [0.25, 0.3) is 0 Å². The number of hydrogen-bond donors (Lipinski definition) is 3. The zero-order chi connectivity index (χ0) is 14.8. The average Bonchev–Trinajstić information content (AvgIpc) is 2.48. The van der Waals surface area contributed by atoms with Gasteiger partial charge in [-0.15, -0.1) is 34.0 Å². The molecule has 3 N–H and O–H groups in total. The normalized spacial score (nSPS) is 24.2. The highest BCUT2D eigenvalue weighted by Gasteiger charge is 2.26. The predicted octanol–water partition coefficient (Wildman–Crippen LogP) is 2.55. The van der Waals surface area contributed by atoms with Gasteiger partial charge in [0, 0.05) is 31.7 Å². The van der Waals surface area contributed by atoms with Gasteiger partial charge in [-0.2, -0.15) is 0 Å². The number of phenols is 2. The number of halogens is 2. The molecule has 5 nitrogen and oxygen atoms in total. The standard InChI is InChI=1S/C16H24N2O3.2BrH/c1-11-8-12-9-15(19)16(20)10-13(12)14(17-11)2-3-18-4-6-21-7-5-18;;/h9-11,14,17,19-20H,2-8H2,1H3;2*1H. The summed E-state index contributed by atoms with van der Waals surface area (Å²) < 4.78 is 5.38. The first-order valence-corrected chi connectivity index (χ1v) is 7.74. The van der Waals surface area contributed by atoms with Crippen LogP contribution in [0.1, 0.15) is 30.5 Å². The zero-order valence-electron chi connectivity index (χ0n) is 13.3. The van der Waals surface area contributed by atoms with Gasteiger partial charge in [-0.25, -0.2) is 0 Å². The predicted molar refractivity (Wildman–Crippen MR) is 101 cm³/mol. The van der Waals surface area contributed by atoms with Gasteiger partial charge >= 0.3 is 0 Å². The van der Waals surface area contributed by atoms with Crippen LogP contribution >= 0.6 is 34.0 Å². The highest BCUT2D eigenvalue weighted by molar-refractivity contribution is 8.93. The zero-order valence-corrected chi connectivity index (χ0v) is 16.8. The lowest BCUT2D eigenvalue weighted by Crippen LogP contribution is -2.41. The lowest BCUT2D eigenvalue weighted by molar-refractivity contribution is 0.0358. The third-order valence-electron chi connectivity index (χ3n) is 4.46. The van der Waals surface area contributed by atoms with Gasteiger partial charge in [0.05, 0.1) is 13.2 Å². The Bertz CT molecular complexity index is 510. The molecule has 0 aromatic heterocycles. The molecule has 2 aliphatic rings. The molecule has 1 aromatic carbocycles. The van der Waals surface area contributed by atoms with Crippen LogP contribution in [0.3, 0.4) is 0 Å². The Morgan fingerprint density at radius 3 is 2.52 bits per heavy atom. The maximum atomic E-state index is 9.77. The molecule has 2 heterocycles. The van der Waals surface area contributed by atoms with Crippen molar-refractivity contribution in [1.29, 1.82) is 0 Å². The number of aromatic hydroxyl groups is 2.